The van der Waals surface area contributed by atoms with Gasteiger partial charge in [0.1, 0.15) is 12.2 Å². The highest BCUT2D eigenvalue weighted by Gasteiger charge is 2.25. The van der Waals surface area contributed by atoms with E-state index in [9.17, 15) is 4.79 Å². The van der Waals surface area contributed by atoms with Crippen molar-refractivity contribution < 1.29 is 4.79 Å². The molecule has 1 fully saturated rings. The summed E-state index contributed by atoms with van der Waals surface area (Å²) in [6.07, 6.45) is 4.97. The van der Waals surface area contributed by atoms with E-state index in [1.165, 1.54) is 11.1 Å². The van der Waals surface area contributed by atoms with Crippen LogP contribution in [-0.4, -0.2) is 63.0 Å². The molecule has 0 aliphatic carbocycles. The molecule has 8 nitrogen and oxygen atoms in total. The van der Waals surface area contributed by atoms with Crippen LogP contribution in [0.2, 0.25) is 0 Å². The van der Waals surface area contributed by atoms with Crippen molar-refractivity contribution in [3.05, 3.63) is 47.5 Å². The van der Waals surface area contributed by atoms with Crippen LogP contribution in [-0.2, 0) is 17.9 Å². The van der Waals surface area contributed by atoms with Crippen molar-refractivity contribution in [2.45, 2.75) is 51.6 Å². The number of carbonyl (C=O) groups excluding carboxylic acids is 1. The van der Waals surface area contributed by atoms with Crippen molar-refractivity contribution in [2.75, 3.05) is 26.2 Å². The Morgan fingerprint density at radius 2 is 1.90 bits per heavy atom. The van der Waals surface area contributed by atoms with E-state index in [0.29, 0.717) is 18.9 Å². The summed E-state index contributed by atoms with van der Waals surface area (Å²) in [7, 11) is 0. The number of nitrogens with one attached hydrogen (secondary N) is 2. The molecule has 0 unspecified atom stereocenters. The number of piperidine rings is 1. The lowest BCUT2D eigenvalue weighted by molar-refractivity contribution is -0.131. The van der Waals surface area contributed by atoms with Gasteiger partial charge in [0.15, 0.2) is 5.96 Å². The summed E-state index contributed by atoms with van der Waals surface area (Å²) in [4.78, 5) is 25.9. The normalized spacial score (nSPS) is 16.7. The van der Waals surface area contributed by atoms with Gasteiger partial charge < -0.3 is 15.1 Å². The van der Waals surface area contributed by atoms with Gasteiger partial charge in [0, 0.05) is 51.6 Å². The smallest absolute Gasteiger partial charge is 0.223 e. The average Bonchev–Trinajstić information content (AvgIpc) is 3.46. The molecule has 2 aliphatic rings. The second kappa shape index (κ2) is 11.4. The summed E-state index contributed by atoms with van der Waals surface area (Å²) in [6.45, 7) is 6.96. The molecule has 2 aliphatic heterocycles. The minimum absolute atomic E-state index is 0. The number of likely N-dealkylation sites (tertiary alicyclic amines) is 1. The standard InChI is InChI=1S/C22H31N7O.HI/c1-2-23-22(28-12-9-17(10-13-28)21-25-16-26-27-21)24-11-5-8-20(30)29-14-18-6-3-4-7-19(18)15-29;/h3-4,6-7,16-17H,2,5,8-15H2,1H3,(H,23,24)(H,25,26,27);1H. The Bertz CT molecular complexity index is 838. The lowest BCUT2D eigenvalue weighted by Crippen LogP contribution is -2.45. The van der Waals surface area contributed by atoms with Gasteiger partial charge in [-0.05, 0) is 37.3 Å². The third-order valence-electron chi connectivity index (χ3n) is 5.95. The number of H-pyrrole nitrogens is 1. The Balaban J connectivity index is 0.00000272. The molecule has 9 heteroatoms. The molecule has 1 saturated heterocycles. The van der Waals surface area contributed by atoms with E-state index >= 15 is 0 Å². The quantitative estimate of drug-likeness (QED) is 0.256. The molecular formula is C22H32IN7O. The van der Waals surface area contributed by atoms with Crippen LogP contribution in [0.5, 0.6) is 0 Å². The number of guanidine groups is 1. The third kappa shape index (κ3) is 5.96. The predicted molar refractivity (Wildman–Crippen MR) is 131 cm³/mol. The molecule has 1 aromatic heterocycles. The van der Waals surface area contributed by atoms with Crippen LogP contribution in [0.4, 0.5) is 0 Å². The largest absolute Gasteiger partial charge is 0.357 e. The van der Waals surface area contributed by atoms with Crippen LogP contribution in [0.25, 0.3) is 0 Å². The molecule has 0 bridgehead atoms. The molecule has 2 aromatic rings. The molecule has 4 rings (SSSR count). The summed E-state index contributed by atoms with van der Waals surface area (Å²) in [6, 6.07) is 8.30. The van der Waals surface area contributed by atoms with Gasteiger partial charge >= 0.3 is 0 Å². The van der Waals surface area contributed by atoms with E-state index in [1.807, 2.05) is 17.0 Å². The number of benzene rings is 1. The van der Waals surface area contributed by atoms with Gasteiger partial charge in [-0.25, -0.2) is 4.98 Å². The molecule has 0 spiro atoms. The lowest BCUT2D eigenvalue weighted by atomic mass is 9.96. The second-order valence-electron chi connectivity index (χ2n) is 7.99. The number of hydrogen-bond donors (Lipinski definition) is 2. The molecule has 3 heterocycles. The minimum atomic E-state index is 0. The Morgan fingerprint density at radius 1 is 1.19 bits per heavy atom. The van der Waals surface area contributed by atoms with Crippen molar-refractivity contribution >= 4 is 35.8 Å². The third-order valence-corrected chi connectivity index (χ3v) is 5.95. The Labute approximate surface area is 200 Å². The van der Waals surface area contributed by atoms with Gasteiger partial charge in [0.2, 0.25) is 5.91 Å². The van der Waals surface area contributed by atoms with E-state index in [0.717, 1.165) is 63.8 Å². The molecule has 1 amide bonds. The van der Waals surface area contributed by atoms with Gasteiger partial charge in [-0.1, -0.05) is 24.3 Å². The number of aromatic nitrogens is 3. The number of rotatable bonds is 6. The second-order valence-corrected chi connectivity index (χ2v) is 7.99. The van der Waals surface area contributed by atoms with Crippen molar-refractivity contribution in [1.29, 1.82) is 0 Å². The molecular weight excluding hydrogens is 505 g/mol. The molecule has 168 valence electrons. The van der Waals surface area contributed by atoms with Crippen LogP contribution in [0.3, 0.4) is 0 Å². The van der Waals surface area contributed by atoms with Crippen molar-refractivity contribution in [1.82, 2.24) is 30.3 Å². The summed E-state index contributed by atoms with van der Waals surface area (Å²) < 4.78 is 0. The van der Waals surface area contributed by atoms with Crippen LogP contribution in [0, 0.1) is 0 Å². The molecule has 0 radical (unpaired) electrons. The summed E-state index contributed by atoms with van der Waals surface area (Å²) in [5.74, 6) is 2.60. The number of carbonyl (C=O) groups is 1. The highest BCUT2D eigenvalue weighted by atomic mass is 127. The maximum atomic E-state index is 12.6. The number of halogens is 1. The fourth-order valence-corrected chi connectivity index (χ4v) is 4.29. The zero-order chi connectivity index (χ0) is 20.8. The highest BCUT2D eigenvalue weighted by Crippen LogP contribution is 2.25. The monoisotopic (exact) mass is 537 g/mol. The maximum Gasteiger partial charge on any atom is 0.223 e. The Morgan fingerprint density at radius 3 is 2.52 bits per heavy atom. The van der Waals surface area contributed by atoms with Gasteiger partial charge in [-0.2, -0.15) is 5.10 Å². The molecule has 0 atom stereocenters. The predicted octanol–water partition coefficient (Wildman–Crippen LogP) is 2.89. The lowest BCUT2D eigenvalue weighted by Gasteiger charge is -2.33. The van der Waals surface area contributed by atoms with Crippen LogP contribution in [0.15, 0.2) is 35.6 Å². The van der Waals surface area contributed by atoms with Gasteiger partial charge in [0.25, 0.3) is 0 Å². The number of aromatic amines is 1. The van der Waals surface area contributed by atoms with Crippen LogP contribution < -0.4 is 5.32 Å². The molecule has 0 saturated carbocycles. The maximum absolute atomic E-state index is 12.6. The zero-order valence-electron chi connectivity index (χ0n) is 18.1. The number of nitrogens with zero attached hydrogens (tertiary/aromatic N) is 5. The van der Waals surface area contributed by atoms with Gasteiger partial charge in [-0.3, -0.25) is 14.9 Å². The van der Waals surface area contributed by atoms with E-state index in [-0.39, 0.29) is 29.9 Å². The SMILES string of the molecule is CCNC(=NCCCC(=O)N1Cc2ccccc2C1)N1CCC(c2ncn[nH]2)CC1.I. The number of fused-ring (bicyclic) bond motifs is 1. The van der Waals surface area contributed by atoms with Crippen molar-refractivity contribution in [2.24, 2.45) is 4.99 Å². The number of aliphatic imine (C=N–C) groups is 1. The van der Waals surface area contributed by atoms with Crippen LogP contribution >= 0.6 is 24.0 Å². The first-order valence-corrected chi connectivity index (χ1v) is 11.0. The van der Waals surface area contributed by atoms with Gasteiger partial charge in [-0.15, -0.1) is 24.0 Å². The zero-order valence-corrected chi connectivity index (χ0v) is 20.4. The molecule has 31 heavy (non-hydrogen) atoms. The first kappa shape index (κ1) is 23.5. The van der Waals surface area contributed by atoms with E-state index < -0.39 is 0 Å². The van der Waals surface area contributed by atoms with Crippen molar-refractivity contribution in [3.63, 3.8) is 0 Å². The van der Waals surface area contributed by atoms with E-state index in [1.54, 1.807) is 6.33 Å². The highest BCUT2D eigenvalue weighted by molar-refractivity contribution is 14.0. The Kier molecular flexibility index (Phi) is 8.68. The summed E-state index contributed by atoms with van der Waals surface area (Å²) >= 11 is 0. The number of amides is 1. The summed E-state index contributed by atoms with van der Waals surface area (Å²) in [5, 5.41) is 10.4. The van der Waals surface area contributed by atoms with Crippen molar-refractivity contribution in [3.8, 4) is 0 Å². The fraction of sp³-hybridized carbons (Fsp3) is 0.545. The topological polar surface area (TPSA) is 89.5 Å². The van der Waals surface area contributed by atoms with Gasteiger partial charge in [0.05, 0.1) is 0 Å². The number of hydrogen-bond acceptors (Lipinski definition) is 4. The fourth-order valence-electron chi connectivity index (χ4n) is 4.29. The minimum Gasteiger partial charge on any atom is -0.357 e. The molecule has 2 N–H and O–H groups in total. The van der Waals surface area contributed by atoms with E-state index in [4.69, 9.17) is 4.99 Å². The van der Waals surface area contributed by atoms with E-state index in [2.05, 4.69) is 44.5 Å². The Hall–Kier alpha value is -2.17. The summed E-state index contributed by atoms with van der Waals surface area (Å²) in [5.41, 5.74) is 2.54. The first-order chi connectivity index (χ1) is 14.7. The van der Waals surface area contributed by atoms with Crippen LogP contribution in [0.1, 0.15) is 55.5 Å². The average molecular weight is 537 g/mol. The molecule has 1 aromatic carbocycles. The first-order valence-electron chi connectivity index (χ1n) is 11.0.